The third kappa shape index (κ3) is 2.15. The number of thioether (sulfide) groups is 1. The molecule has 0 aliphatic heterocycles. The lowest BCUT2D eigenvalue weighted by molar-refractivity contribution is 1.50. The largest absolute Gasteiger partial charge is 0.135 e. The first-order valence-corrected chi connectivity index (χ1v) is 8.95. The molecule has 4 aromatic rings. The molecule has 0 unspecified atom stereocenters. The summed E-state index contributed by atoms with van der Waals surface area (Å²) in [5, 5.41) is 2.74. The predicted octanol–water partition coefficient (Wildman–Crippen LogP) is 6.44. The standard InChI is InChI=1S/C19H14S2/c1-20-18-12-16-14-9-5-6-10-17(14)21-19(16)11-15(18)13-7-3-2-4-8-13/h2-12H,1H3. The van der Waals surface area contributed by atoms with Crippen molar-refractivity contribution in [3.63, 3.8) is 0 Å². The molecule has 0 spiro atoms. The molecule has 0 aliphatic rings. The van der Waals surface area contributed by atoms with E-state index >= 15 is 0 Å². The molecule has 4 rings (SSSR count). The number of thiophene rings is 1. The molecule has 0 N–H and O–H groups in total. The summed E-state index contributed by atoms with van der Waals surface area (Å²) in [5.41, 5.74) is 2.63. The molecule has 0 radical (unpaired) electrons. The maximum absolute atomic E-state index is 2.35. The maximum atomic E-state index is 2.35. The van der Waals surface area contributed by atoms with E-state index in [0.717, 1.165) is 0 Å². The van der Waals surface area contributed by atoms with Gasteiger partial charge in [0.15, 0.2) is 0 Å². The second-order valence-electron chi connectivity index (χ2n) is 5.01. The van der Waals surface area contributed by atoms with Crippen LogP contribution in [0.25, 0.3) is 31.3 Å². The molecule has 1 heterocycles. The molecule has 21 heavy (non-hydrogen) atoms. The minimum Gasteiger partial charge on any atom is -0.135 e. The molecule has 0 nitrogen and oxygen atoms in total. The summed E-state index contributed by atoms with van der Waals surface area (Å²) in [6.07, 6.45) is 2.15. The fourth-order valence-electron chi connectivity index (χ4n) is 2.76. The summed E-state index contributed by atoms with van der Waals surface area (Å²) in [7, 11) is 0. The van der Waals surface area contributed by atoms with Crippen LogP contribution in [-0.2, 0) is 0 Å². The quantitative estimate of drug-likeness (QED) is 0.384. The van der Waals surface area contributed by atoms with Gasteiger partial charge in [0.25, 0.3) is 0 Å². The van der Waals surface area contributed by atoms with E-state index in [0.29, 0.717) is 0 Å². The fraction of sp³-hybridized carbons (Fsp3) is 0.0526. The van der Waals surface area contributed by atoms with Crippen LogP contribution in [-0.4, -0.2) is 6.26 Å². The summed E-state index contributed by atoms with van der Waals surface area (Å²) < 4.78 is 2.73. The minimum absolute atomic E-state index is 1.29. The van der Waals surface area contributed by atoms with Gasteiger partial charge in [0.2, 0.25) is 0 Å². The Hall–Kier alpha value is -1.77. The lowest BCUT2D eigenvalue weighted by atomic mass is 10.0. The zero-order chi connectivity index (χ0) is 14.2. The molecular weight excluding hydrogens is 292 g/mol. The molecule has 102 valence electrons. The lowest BCUT2D eigenvalue weighted by Gasteiger charge is -2.08. The maximum Gasteiger partial charge on any atom is 0.0362 e. The Morgan fingerprint density at radius 3 is 2.33 bits per heavy atom. The Balaban J connectivity index is 2.06. The number of hydrogen-bond acceptors (Lipinski definition) is 2. The van der Waals surface area contributed by atoms with Crippen LogP contribution in [0.4, 0.5) is 0 Å². The van der Waals surface area contributed by atoms with Crippen molar-refractivity contribution in [3.8, 4) is 11.1 Å². The first-order valence-electron chi connectivity index (χ1n) is 6.91. The van der Waals surface area contributed by atoms with E-state index in [-0.39, 0.29) is 0 Å². The van der Waals surface area contributed by atoms with E-state index in [9.17, 15) is 0 Å². The highest BCUT2D eigenvalue weighted by Gasteiger charge is 2.10. The second-order valence-corrected chi connectivity index (χ2v) is 6.94. The van der Waals surface area contributed by atoms with Crippen LogP contribution in [0.2, 0.25) is 0 Å². The number of hydrogen-bond donors (Lipinski definition) is 0. The van der Waals surface area contributed by atoms with E-state index in [2.05, 4.69) is 73.0 Å². The van der Waals surface area contributed by atoms with E-state index in [1.165, 1.54) is 36.2 Å². The van der Waals surface area contributed by atoms with Gasteiger partial charge in [-0.1, -0.05) is 48.5 Å². The van der Waals surface area contributed by atoms with Gasteiger partial charge in [0.1, 0.15) is 0 Å². The van der Waals surface area contributed by atoms with E-state index in [1.54, 1.807) is 0 Å². The Morgan fingerprint density at radius 2 is 1.52 bits per heavy atom. The third-order valence-electron chi connectivity index (χ3n) is 3.78. The highest BCUT2D eigenvalue weighted by molar-refractivity contribution is 7.98. The van der Waals surface area contributed by atoms with Crippen molar-refractivity contribution < 1.29 is 0 Å². The smallest absolute Gasteiger partial charge is 0.0362 e. The molecular formula is C19H14S2. The van der Waals surface area contributed by atoms with Crippen LogP contribution in [0.15, 0.2) is 71.6 Å². The van der Waals surface area contributed by atoms with Crippen molar-refractivity contribution in [1.82, 2.24) is 0 Å². The van der Waals surface area contributed by atoms with Gasteiger partial charge in [-0.3, -0.25) is 0 Å². The molecule has 0 amide bonds. The molecule has 3 aromatic carbocycles. The molecule has 0 saturated carbocycles. The molecule has 0 fully saturated rings. The summed E-state index contributed by atoms with van der Waals surface area (Å²) in [6, 6.07) is 24.0. The summed E-state index contributed by atoms with van der Waals surface area (Å²) in [4.78, 5) is 1.34. The first kappa shape index (κ1) is 12.9. The lowest BCUT2D eigenvalue weighted by Crippen LogP contribution is -1.81. The van der Waals surface area contributed by atoms with Crippen molar-refractivity contribution in [1.29, 1.82) is 0 Å². The highest BCUT2D eigenvalue weighted by atomic mass is 32.2. The van der Waals surface area contributed by atoms with Gasteiger partial charge in [-0.25, -0.2) is 0 Å². The normalized spacial score (nSPS) is 11.3. The average Bonchev–Trinajstić information content (AvgIpc) is 2.92. The Bertz CT molecular complexity index is 920. The Morgan fingerprint density at radius 1 is 0.762 bits per heavy atom. The van der Waals surface area contributed by atoms with Gasteiger partial charge in [0.05, 0.1) is 0 Å². The van der Waals surface area contributed by atoms with Crippen molar-refractivity contribution in [3.05, 3.63) is 66.7 Å². The highest BCUT2D eigenvalue weighted by Crippen LogP contribution is 2.40. The topological polar surface area (TPSA) is 0 Å². The van der Waals surface area contributed by atoms with Crippen molar-refractivity contribution in [2.24, 2.45) is 0 Å². The van der Waals surface area contributed by atoms with E-state index in [4.69, 9.17) is 0 Å². The van der Waals surface area contributed by atoms with Gasteiger partial charge in [-0.2, -0.15) is 0 Å². The molecule has 0 atom stereocenters. The van der Waals surface area contributed by atoms with Crippen LogP contribution >= 0.6 is 23.1 Å². The minimum atomic E-state index is 1.29. The van der Waals surface area contributed by atoms with E-state index < -0.39 is 0 Å². The number of benzene rings is 3. The van der Waals surface area contributed by atoms with Crippen LogP contribution in [0.1, 0.15) is 0 Å². The van der Waals surface area contributed by atoms with Gasteiger partial charge in [-0.15, -0.1) is 23.1 Å². The van der Waals surface area contributed by atoms with Gasteiger partial charge < -0.3 is 0 Å². The van der Waals surface area contributed by atoms with E-state index in [1.807, 2.05) is 23.1 Å². The van der Waals surface area contributed by atoms with Crippen molar-refractivity contribution in [2.45, 2.75) is 4.90 Å². The number of rotatable bonds is 2. The predicted molar refractivity (Wildman–Crippen MR) is 96.5 cm³/mol. The third-order valence-corrected chi connectivity index (χ3v) is 5.69. The van der Waals surface area contributed by atoms with Crippen LogP contribution in [0, 0.1) is 0 Å². The van der Waals surface area contributed by atoms with Crippen LogP contribution < -0.4 is 0 Å². The SMILES string of the molecule is CSc1cc2c(cc1-c1ccccc1)sc1ccccc12. The zero-order valence-electron chi connectivity index (χ0n) is 11.7. The molecule has 2 heteroatoms. The molecule has 1 aromatic heterocycles. The Kier molecular flexibility index (Phi) is 3.21. The zero-order valence-corrected chi connectivity index (χ0v) is 13.3. The number of fused-ring (bicyclic) bond motifs is 3. The molecule has 0 bridgehead atoms. The van der Waals surface area contributed by atoms with Gasteiger partial charge in [0, 0.05) is 25.1 Å². The van der Waals surface area contributed by atoms with Crippen molar-refractivity contribution >= 4 is 43.3 Å². The van der Waals surface area contributed by atoms with Gasteiger partial charge in [-0.05, 0) is 35.6 Å². The average molecular weight is 306 g/mol. The Labute approximate surface area is 132 Å². The fourth-order valence-corrected chi connectivity index (χ4v) is 4.52. The van der Waals surface area contributed by atoms with Crippen LogP contribution in [0.5, 0.6) is 0 Å². The summed E-state index contributed by atoms with van der Waals surface area (Å²) in [5.74, 6) is 0. The van der Waals surface area contributed by atoms with Crippen LogP contribution in [0.3, 0.4) is 0 Å². The monoisotopic (exact) mass is 306 g/mol. The summed E-state index contributed by atoms with van der Waals surface area (Å²) in [6.45, 7) is 0. The van der Waals surface area contributed by atoms with Gasteiger partial charge >= 0.3 is 0 Å². The molecule has 0 aliphatic carbocycles. The summed E-state index contributed by atoms with van der Waals surface area (Å²) >= 11 is 3.70. The molecule has 0 saturated heterocycles. The van der Waals surface area contributed by atoms with Crippen molar-refractivity contribution in [2.75, 3.05) is 6.26 Å². The first-order chi connectivity index (χ1) is 10.4. The second kappa shape index (κ2) is 5.21.